The number of sulfonamides is 1. The van der Waals surface area contributed by atoms with Crippen LogP contribution < -0.4 is 9.47 Å². The fraction of sp³-hybridized carbons (Fsp3) is 0.440. The number of rotatable bonds is 13. The zero-order valence-corrected chi connectivity index (χ0v) is 19.9. The Morgan fingerprint density at radius 3 is 1.74 bits per heavy atom. The van der Waals surface area contributed by atoms with Crippen LogP contribution >= 0.6 is 0 Å². The lowest BCUT2D eigenvalue weighted by Crippen LogP contribution is -2.41. The topological polar surface area (TPSA) is 55.8 Å². The van der Waals surface area contributed by atoms with Crippen LogP contribution in [-0.4, -0.2) is 32.2 Å². The highest BCUT2D eigenvalue weighted by molar-refractivity contribution is 7.89. The van der Waals surface area contributed by atoms with Gasteiger partial charge < -0.3 is 9.47 Å². The molecule has 0 spiro atoms. The molecule has 31 heavy (non-hydrogen) atoms. The molecule has 6 heteroatoms. The van der Waals surface area contributed by atoms with Crippen molar-refractivity contribution >= 4 is 10.0 Å². The van der Waals surface area contributed by atoms with E-state index in [2.05, 4.69) is 6.58 Å². The lowest BCUT2D eigenvalue weighted by molar-refractivity contribution is 0.373. The van der Waals surface area contributed by atoms with E-state index in [0.717, 1.165) is 29.0 Å². The zero-order valence-electron chi connectivity index (χ0n) is 19.1. The summed E-state index contributed by atoms with van der Waals surface area (Å²) in [6, 6.07) is 15.1. The first-order valence-corrected chi connectivity index (χ1v) is 12.2. The lowest BCUT2D eigenvalue weighted by atomic mass is 10.0. The Morgan fingerprint density at radius 1 is 0.935 bits per heavy atom. The fourth-order valence-electron chi connectivity index (χ4n) is 3.72. The van der Waals surface area contributed by atoms with Crippen LogP contribution in [0.4, 0.5) is 0 Å². The molecular weight excluding hydrogens is 410 g/mol. The minimum absolute atomic E-state index is 0.00307. The van der Waals surface area contributed by atoms with Crippen molar-refractivity contribution in [3.63, 3.8) is 0 Å². The van der Waals surface area contributed by atoms with Crippen molar-refractivity contribution in [3.05, 3.63) is 72.3 Å². The SMILES string of the molecule is C=CC[C@H](C)[C@H](CCC)S(=O)(=O)N(Cc1ccc(OC)cc1)Cc1ccc(OC)cc1. The van der Waals surface area contributed by atoms with Gasteiger partial charge in [-0.25, -0.2) is 8.42 Å². The van der Waals surface area contributed by atoms with E-state index < -0.39 is 15.3 Å². The van der Waals surface area contributed by atoms with Crippen LogP contribution in [0.3, 0.4) is 0 Å². The van der Waals surface area contributed by atoms with Crippen LogP contribution in [-0.2, 0) is 23.1 Å². The summed E-state index contributed by atoms with van der Waals surface area (Å²) in [4.78, 5) is 0. The molecule has 2 atom stereocenters. The van der Waals surface area contributed by atoms with Crippen molar-refractivity contribution in [1.29, 1.82) is 0 Å². The maximum absolute atomic E-state index is 13.8. The summed E-state index contributed by atoms with van der Waals surface area (Å²) in [5.74, 6) is 1.49. The van der Waals surface area contributed by atoms with Gasteiger partial charge in [-0.1, -0.05) is 50.6 Å². The lowest BCUT2D eigenvalue weighted by Gasteiger charge is -2.31. The first kappa shape index (κ1) is 25.0. The molecule has 0 amide bonds. The minimum Gasteiger partial charge on any atom is -0.497 e. The predicted molar refractivity (Wildman–Crippen MR) is 127 cm³/mol. The first-order chi connectivity index (χ1) is 14.8. The van der Waals surface area contributed by atoms with E-state index in [1.54, 1.807) is 24.6 Å². The summed E-state index contributed by atoms with van der Waals surface area (Å²) in [5.41, 5.74) is 1.84. The van der Waals surface area contributed by atoms with E-state index in [1.165, 1.54) is 0 Å². The second-order valence-corrected chi connectivity index (χ2v) is 9.99. The largest absolute Gasteiger partial charge is 0.497 e. The van der Waals surface area contributed by atoms with Gasteiger partial charge in [-0.05, 0) is 54.2 Å². The Morgan fingerprint density at radius 2 is 1.39 bits per heavy atom. The maximum atomic E-state index is 13.8. The smallest absolute Gasteiger partial charge is 0.217 e. The molecule has 2 rings (SSSR count). The molecule has 0 saturated carbocycles. The van der Waals surface area contributed by atoms with Gasteiger partial charge in [0, 0.05) is 13.1 Å². The van der Waals surface area contributed by atoms with Gasteiger partial charge in [0.15, 0.2) is 0 Å². The maximum Gasteiger partial charge on any atom is 0.217 e. The van der Waals surface area contributed by atoms with Gasteiger partial charge >= 0.3 is 0 Å². The van der Waals surface area contributed by atoms with Crippen LogP contribution in [0, 0.1) is 5.92 Å². The van der Waals surface area contributed by atoms with Crippen LogP contribution in [0.5, 0.6) is 11.5 Å². The molecule has 2 aromatic rings. The molecule has 0 saturated heterocycles. The number of nitrogens with zero attached hydrogens (tertiary/aromatic N) is 1. The second-order valence-electron chi connectivity index (χ2n) is 7.84. The number of hydrogen-bond donors (Lipinski definition) is 0. The van der Waals surface area contributed by atoms with Crippen molar-refractivity contribution in [1.82, 2.24) is 4.31 Å². The monoisotopic (exact) mass is 445 g/mol. The molecule has 0 bridgehead atoms. The van der Waals surface area contributed by atoms with Crippen LogP contribution in [0.1, 0.15) is 44.2 Å². The van der Waals surface area contributed by atoms with Gasteiger partial charge in [0.25, 0.3) is 0 Å². The van der Waals surface area contributed by atoms with Gasteiger partial charge in [0.05, 0.1) is 19.5 Å². The fourth-order valence-corrected chi connectivity index (χ4v) is 6.00. The number of allylic oxidation sites excluding steroid dienone is 1. The highest BCUT2D eigenvalue weighted by Crippen LogP contribution is 2.28. The quantitative estimate of drug-likeness (QED) is 0.387. The summed E-state index contributed by atoms with van der Waals surface area (Å²) in [7, 11) is -0.318. The molecule has 0 aromatic heterocycles. The molecule has 0 fully saturated rings. The average molecular weight is 446 g/mol. The summed E-state index contributed by atoms with van der Waals surface area (Å²) >= 11 is 0. The Kier molecular flexibility index (Phi) is 9.59. The third-order valence-corrected chi connectivity index (χ3v) is 7.97. The number of ether oxygens (including phenoxy) is 2. The Bertz CT molecular complexity index is 858. The zero-order chi connectivity index (χ0) is 22.9. The minimum atomic E-state index is -3.55. The van der Waals surface area contributed by atoms with Crippen molar-refractivity contribution in [2.24, 2.45) is 5.92 Å². The van der Waals surface area contributed by atoms with E-state index >= 15 is 0 Å². The summed E-state index contributed by atoms with van der Waals surface area (Å²) < 4.78 is 39.7. The van der Waals surface area contributed by atoms with E-state index in [9.17, 15) is 8.42 Å². The van der Waals surface area contributed by atoms with Crippen molar-refractivity contribution in [3.8, 4) is 11.5 Å². The molecule has 0 heterocycles. The van der Waals surface area contributed by atoms with Crippen LogP contribution in [0.25, 0.3) is 0 Å². The van der Waals surface area contributed by atoms with Gasteiger partial charge in [0.1, 0.15) is 11.5 Å². The molecule has 0 aliphatic rings. The standard InChI is InChI=1S/C25H35NO4S/c1-6-8-20(3)25(9-7-2)31(27,28)26(18-21-10-14-23(29-4)15-11-21)19-22-12-16-24(30-5)17-13-22/h6,10-17,20,25H,1,7-9,18-19H2,2-5H3/t20-,25-/m0/s1. The molecule has 2 aromatic carbocycles. The summed E-state index contributed by atoms with van der Waals surface area (Å²) in [6.07, 6.45) is 3.91. The molecule has 0 N–H and O–H groups in total. The third-order valence-electron chi connectivity index (χ3n) is 5.52. The van der Waals surface area contributed by atoms with E-state index in [4.69, 9.17) is 9.47 Å². The normalized spacial score (nSPS) is 13.6. The Hall–Kier alpha value is -2.31. The number of methoxy groups -OCH3 is 2. The molecular formula is C25H35NO4S. The van der Waals surface area contributed by atoms with Gasteiger partial charge in [-0.15, -0.1) is 6.58 Å². The third kappa shape index (κ3) is 6.84. The van der Waals surface area contributed by atoms with Gasteiger partial charge in [0.2, 0.25) is 10.0 Å². The Balaban J connectivity index is 2.39. The first-order valence-electron chi connectivity index (χ1n) is 10.7. The molecule has 0 aliphatic heterocycles. The highest BCUT2D eigenvalue weighted by atomic mass is 32.2. The second kappa shape index (κ2) is 11.9. The summed E-state index contributed by atoms with van der Waals surface area (Å²) in [6.45, 7) is 8.44. The average Bonchev–Trinajstić information content (AvgIpc) is 2.78. The highest BCUT2D eigenvalue weighted by Gasteiger charge is 2.35. The molecule has 170 valence electrons. The van der Waals surface area contributed by atoms with Gasteiger partial charge in [-0.2, -0.15) is 4.31 Å². The van der Waals surface area contributed by atoms with E-state index in [-0.39, 0.29) is 5.92 Å². The number of hydrogen-bond acceptors (Lipinski definition) is 4. The summed E-state index contributed by atoms with van der Waals surface area (Å²) in [5, 5.41) is -0.452. The molecule has 0 aliphatic carbocycles. The van der Waals surface area contributed by atoms with E-state index in [0.29, 0.717) is 25.9 Å². The predicted octanol–water partition coefficient (Wildman–Crippen LogP) is 5.42. The van der Waals surface area contributed by atoms with Crippen molar-refractivity contribution in [2.45, 2.75) is 51.4 Å². The van der Waals surface area contributed by atoms with Crippen LogP contribution in [0.2, 0.25) is 0 Å². The van der Waals surface area contributed by atoms with Crippen molar-refractivity contribution < 1.29 is 17.9 Å². The molecule has 5 nitrogen and oxygen atoms in total. The van der Waals surface area contributed by atoms with Crippen molar-refractivity contribution in [2.75, 3.05) is 14.2 Å². The number of benzene rings is 2. The van der Waals surface area contributed by atoms with E-state index in [1.807, 2.05) is 62.4 Å². The Labute approximate surface area is 187 Å². The molecule has 0 radical (unpaired) electrons. The van der Waals surface area contributed by atoms with Crippen LogP contribution in [0.15, 0.2) is 61.2 Å². The molecule has 0 unspecified atom stereocenters. The van der Waals surface area contributed by atoms with Gasteiger partial charge in [-0.3, -0.25) is 0 Å².